The lowest BCUT2D eigenvalue weighted by molar-refractivity contribution is 0.700. The molecule has 0 saturated carbocycles. The van der Waals surface area contributed by atoms with Crippen LogP contribution in [0.15, 0.2) is 158 Å². The molecular weight excluding hydrogens is 589 g/mol. The maximum Gasteiger partial charge on any atom is 0.0430 e. The van der Waals surface area contributed by atoms with Gasteiger partial charge in [0.1, 0.15) is 0 Å². The van der Waals surface area contributed by atoms with E-state index >= 15 is 0 Å². The molecule has 0 spiro atoms. The minimum atomic E-state index is 0.452. The molecule has 5 aromatic carbocycles. The van der Waals surface area contributed by atoms with Gasteiger partial charge in [0, 0.05) is 34.4 Å². The third-order valence-corrected chi connectivity index (χ3v) is 9.80. The quantitative estimate of drug-likeness (QED) is 0.183. The van der Waals surface area contributed by atoms with Crippen molar-refractivity contribution in [3.8, 4) is 22.3 Å². The second-order valence-electron chi connectivity index (χ2n) is 11.8. The highest BCUT2D eigenvalue weighted by molar-refractivity contribution is 7.20. The van der Waals surface area contributed by atoms with Crippen molar-refractivity contribution in [2.75, 3.05) is 0 Å². The summed E-state index contributed by atoms with van der Waals surface area (Å²) in [5, 5.41) is 8.77. The van der Waals surface area contributed by atoms with Crippen molar-refractivity contribution in [2.45, 2.75) is 25.8 Å². The van der Waals surface area contributed by atoms with Crippen LogP contribution in [-0.2, 0) is 13.0 Å². The number of benzene rings is 5. The summed E-state index contributed by atoms with van der Waals surface area (Å²) in [5.74, 6) is 0.929. The van der Waals surface area contributed by atoms with Crippen LogP contribution in [0.4, 0.5) is 0 Å². The Balaban J connectivity index is 0.000000152. The molecule has 2 nitrogen and oxygen atoms in total. The average molecular weight is 629 g/mol. The average Bonchev–Trinajstić information content (AvgIpc) is 3.53. The van der Waals surface area contributed by atoms with Crippen LogP contribution in [0.3, 0.4) is 0 Å². The third kappa shape index (κ3) is 7.66. The fourth-order valence-corrected chi connectivity index (χ4v) is 7.43. The van der Waals surface area contributed by atoms with Crippen LogP contribution in [0.1, 0.15) is 33.0 Å². The Hall–Kier alpha value is -5.09. The predicted octanol–water partition coefficient (Wildman–Crippen LogP) is 11.4. The molecule has 3 N–H and O–H groups in total. The molecule has 0 saturated heterocycles. The van der Waals surface area contributed by atoms with Gasteiger partial charge in [-0.25, -0.2) is 0 Å². The van der Waals surface area contributed by atoms with Crippen molar-refractivity contribution in [3.63, 3.8) is 0 Å². The first kappa shape index (κ1) is 31.9. The molecule has 2 unspecified atom stereocenters. The Morgan fingerprint density at radius 2 is 1.34 bits per heavy atom. The van der Waals surface area contributed by atoms with Crippen molar-refractivity contribution < 1.29 is 0 Å². The molecule has 0 fully saturated rings. The van der Waals surface area contributed by atoms with Gasteiger partial charge in [-0.1, -0.05) is 163 Å². The first-order chi connectivity index (χ1) is 23.1. The summed E-state index contributed by atoms with van der Waals surface area (Å²) in [6.07, 6.45) is 15.8. The second-order valence-corrected chi connectivity index (χ2v) is 12.9. The molecule has 2 aliphatic rings. The first-order valence-electron chi connectivity index (χ1n) is 16.2. The van der Waals surface area contributed by atoms with Crippen LogP contribution >= 0.6 is 11.3 Å². The van der Waals surface area contributed by atoms with Gasteiger partial charge < -0.3 is 11.1 Å². The van der Waals surface area contributed by atoms with Crippen LogP contribution in [0.5, 0.6) is 0 Å². The fraction of sp³-hybridized carbons (Fsp3) is 0.114. The molecule has 1 aromatic heterocycles. The molecule has 3 heteroatoms. The smallest absolute Gasteiger partial charge is 0.0430 e. The summed E-state index contributed by atoms with van der Waals surface area (Å²) in [4.78, 5) is 1.39. The van der Waals surface area contributed by atoms with Crippen molar-refractivity contribution >= 4 is 33.7 Å². The number of rotatable bonds is 5. The van der Waals surface area contributed by atoms with Gasteiger partial charge in [0.25, 0.3) is 0 Å². The van der Waals surface area contributed by atoms with Crippen molar-refractivity contribution in [1.82, 2.24) is 0 Å². The van der Waals surface area contributed by atoms with Gasteiger partial charge in [-0.2, -0.15) is 0 Å². The third-order valence-electron chi connectivity index (χ3n) is 8.58. The van der Waals surface area contributed by atoms with E-state index in [1.165, 1.54) is 65.7 Å². The van der Waals surface area contributed by atoms with Crippen molar-refractivity contribution in [2.24, 2.45) is 11.7 Å². The van der Waals surface area contributed by atoms with Gasteiger partial charge in [0.15, 0.2) is 0 Å². The molecule has 6 aromatic rings. The molecule has 0 aliphatic heterocycles. The van der Waals surface area contributed by atoms with E-state index < -0.39 is 0 Å². The van der Waals surface area contributed by atoms with Crippen LogP contribution < -0.4 is 5.73 Å². The molecule has 47 heavy (non-hydrogen) atoms. The Bertz CT molecular complexity index is 2020. The van der Waals surface area contributed by atoms with Crippen LogP contribution in [-0.4, -0.2) is 6.21 Å². The maximum absolute atomic E-state index is 7.38. The SMILES string of the molecule is Cc1ccc(-c2ccccc2)cc1.N=CCc1cccc(-c2cccc3c4c(sc23)C=CC2C=CC=CC42)c1.NCc1ccccc1. The van der Waals surface area contributed by atoms with E-state index in [4.69, 9.17) is 11.1 Å². The minimum Gasteiger partial charge on any atom is -0.326 e. The van der Waals surface area contributed by atoms with Gasteiger partial charge >= 0.3 is 0 Å². The first-order valence-corrected chi connectivity index (χ1v) is 17.0. The van der Waals surface area contributed by atoms with E-state index in [0.29, 0.717) is 24.8 Å². The highest BCUT2D eigenvalue weighted by Gasteiger charge is 2.28. The Labute approximate surface area is 282 Å². The number of hydrogen-bond donors (Lipinski definition) is 2. The molecule has 8 rings (SSSR count). The zero-order chi connectivity index (χ0) is 32.4. The normalized spacial score (nSPS) is 15.4. The summed E-state index contributed by atoms with van der Waals surface area (Å²) in [6.45, 7) is 2.75. The molecule has 0 bridgehead atoms. The number of thiophene rings is 1. The molecule has 0 amide bonds. The molecule has 0 radical (unpaired) electrons. The van der Waals surface area contributed by atoms with Crippen LogP contribution in [0, 0.1) is 18.3 Å². The maximum atomic E-state index is 7.38. The minimum absolute atomic E-state index is 0.452. The lowest BCUT2D eigenvalue weighted by Gasteiger charge is -2.25. The van der Waals surface area contributed by atoms with Crippen molar-refractivity contribution in [3.05, 3.63) is 185 Å². The largest absolute Gasteiger partial charge is 0.326 e. The Kier molecular flexibility index (Phi) is 10.5. The van der Waals surface area contributed by atoms with E-state index in [2.05, 4.69) is 134 Å². The van der Waals surface area contributed by atoms with E-state index in [-0.39, 0.29) is 0 Å². The number of hydrogen-bond acceptors (Lipinski definition) is 3. The van der Waals surface area contributed by atoms with Crippen LogP contribution in [0.25, 0.3) is 38.4 Å². The number of aryl methyl sites for hydroxylation is 1. The van der Waals surface area contributed by atoms with Gasteiger partial charge in [0.2, 0.25) is 0 Å². The number of nitrogens with two attached hydrogens (primary N) is 1. The van der Waals surface area contributed by atoms with Gasteiger partial charge in [-0.3, -0.25) is 0 Å². The Morgan fingerprint density at radius 1 is 0.681 bits per heavy atom. The Morgan fingerprint density at radius 3 is 2.06 bits per heavy atom. The molecule has 232 valence electrons. The standard InChI is InChI=1S/C24H19NS.C13H12.C7H9N/c25-14-13-16-5-3-7-18(15-16)20-9-4-10-21-23-19-8-2-1-6-17(19)11-12-22(23)26-24(20)21;1-11-7-9-13(10-8-11)12-5-3-2-4-6-12;8-6-7-4-2-1-3-5-7/h1-12,14-15,17,19,25H,13H2;2-10H,1H3;1-5H,6,8H2. The van der Waals surface area contributed by atoms with Gasteiger partial charge in [0.05, 0.1) is 0 Å². The molecule has 1 heterocycles. The second kappa shape index (κ2) is 15.5. The lowest BCUT2D eigenvalue weighted by atomic mass is 9.78. The lowest BCUT2D eigenvalue weighted by Crippen LogP contribution is -2.11. The summed E-state index contributed by atoms with van der Waals surface area (Å²) in [7, 11) is 0. The molecule has 2 aliphatic carbocycles. The summed E-state index contributed by atoms with van der Waals surface area (Å²) in [6, 6.07) is 44.3. The van der Waals surface area contributed by atoms with Crippen LogP contribution in [0.2, 0.25) is 0 Å². The summed E-state index contributed by atoms with van der Waals surface area (Å²) < 4.78 is 1.37. The zero-order valence-corrected chi connectivity index (χ0v) is 27.5. The summed E-state index contributed by atoms with van der Waals surface area (Å²) >= 11 is 1.91. The van der Waals surface area contributed by atoms with Gasteiger partial charge in [-0.05, 0) is 63.5 Å². The van der Waals surface area contributed by atoms with E-state index in [1.54, 1.807) is 0 Å². The van der Waals surface area contributed by atoms with Crippen molar-refractivity contribution in [1.29, 1.82) is 5.41 Å². The zero-order valence-electron chi connectivity index (χ0n) is 26.7. The molecular formula is C44H40N2S. The summed E-state index contributed by atoms with van der Waals surface area (Å²) in [5.41, 5.74) is 15.6. The highest BCUT2D eigenvalue weighted by Crippen LogP contribution is 2.48. The van der Waals surface area contributed by atoms with E-state index in [9.17, 15) is 0 Å². The number of allylic oxidation sites excluding steroid dienone is 5. The molecule has 2 atom stereocenters. The predicted molar refractivity (Wildman–Crippen MR) is 204 cm³/mol. The topological polar surface area (TPSA) is 49.9 Å². The van der Waals surface area contributed by atoms with E-state index in [0.717, 1.165) is 0 Å². The monoisotopic (exact) mass is 628 g/mol. The fourth-order valence-electron chi connectivity index (χ4n) is 6.12. The van der Waals surface area contributed by atoms with E-state index in [1.807, 2.05) is 47.7 Å². The number of nitrogens with one attached hydrogen (secondary N) is 1. The van der Waals surface area contributed by atoms with Gasteiger partial charge in [-0.15, -0.1) is 11.3 Å². The highest BCUT2D eigenvalue weighted by atomic mass is 32.1. The number of fused-ring (bicyclic) bond motifs is 5.